The third-order valence-electron chi connectivity index (χ3n) is 6.16. The van der Waals surface area contributed by atoms with E-state index in [0.29, 0.717) is 48.1 Å². The van der Waals surface area contributed by atoms with E-state index >= 15 is 0 Å². The normalized spacial score (nSPS) is 17.5. The number of fused-ring (bicyclic) bond motifs is 1. The summed E-state index contributed by atoms with van der Waals surface area (Å²) in [5, 5.41) is 3.28. The van der Waals surface area contributed by atoms with Crippen molar-refractivity contribution >= 4 is 28.7 Å². The number of aryl methyl sites for hydroxylation is 1. The molecule has 10 nitrogen and oxygen atoms in total. The minimum Gasteiger partial charge on any atom is -0.495 e. The largest absolute Gasteiger partial charge is 0.495 e. The van der Waals surface area contributed by atoms with Gasteiger partial charge in [-0.15, -0.1) is 0 Å². The van der Waals surface area contributed by atoms with Crippen molar-refractivity contribution in [3.63, 3.8) is 0 Å². The Hall–Kier alpha value is -4.05. The molecule has 3 aromatic heterocycles. The lowest BCUT2D eigenvalue weighted by atomic mass is 10.1. The van der Waals surface area contributed by atoms with Crippen molar-refractivity contribution in [3.05, 3.63) is 66.4 Å². The number of amides is 1. The molecule has 2 unspecified atom stereocenters. The van der Waals surface area contributed by atoms with Crippen molar-refractivity contribution in [2.24, 2.45) is 0 Å². The van der Waals surface area contributed by atoms with Crippen LogP contribution in [0.1, 0.15) is 23.6 Å². The SMILES string of the molecule is COc1cncc(N(C)C(=O)C2OCCC2n2cnc3cnc(NCc4cccc(C)c4)nc32)c1. The molecule has 2 atom stereocenters. The van der Waals surface area contributed by atoms with E-state index in [9.17, 15) is 4.79 Å². The summed E-state index contributed by atoms with van der Waals surface area (Å²) in [5.74, 6) is 0.910. The zero-order valence-corrected chi connectivity index (χ0v) is 19.9. The summed E-state index contributed by atoms with van der Waals surface area (Å²) in [6.07, 6.45) is 6.60. The van der Waals surface area contributed by atoms with Gasteiger partial charge in [-0.25, -0.2) is 9.97 Å². The molecule has 0 aliphatic carbocycles. The topological polar surface area (TPSA) is 107 Å². The molecule has 1 aromatic carbocycles. The molecule has 5 rings (SSSR count). The third-order valence-corrected chi connectivity index (χ3v) is 6.16. The van der Waals surface area contributed by atoms with Crippen LogP contribution >= 0.6 is 0 Å². The molecule has 1 N–H and O–H groups in total. The highest BCUT2D eigenvalue weighted by Gasteiger charge is 2.38. The molecule has 1 fully saturated rings. The van der Waals surface area contributed by atoms with Gasteiger partial charge in [0.1, 0.15) is 11.3 Å². The number of ether oxygens (including phenoxy) is 2. The minimum atomic E-state index is -0.678. The number of methoxy groups -OCH3 is 1. The molecule has 4 aromatic rings. The summed E-state index contributed by atoms with van der Waals surface area (Å²) in [4.78, 5) is 32.7. The highest BCUT2D eigenvalue weighted by molar-refractivity contribution is 5.96. The fraction of sp³-hybridized carbons (Fsp3) is 0.320. The van der Waals surface area contributed by atoms with Crippen LogP contribution in [0.5, 0.6) is 5.75 Å². The molecule has 0 spiro atoms. The van der Waals surface area contributed by atoms with Crippen molar-refractivity contribution < 1.29 is 14.3 Å². The average Bonchev–Trinajstić information content (AvgIpc) is 3.53. The highest BCUT2D eigenvalue weighted by atomic mass is 16.5. The van der Waals surface area contributed by atoms with Gasteiger partial charge >= 0.3 is 0 Å². The molecular weight excluding hydrogens is 446 g/mol. The number of anilines is 2. The summed E-state index contributed by atoms with van der Waals surface area (Å²) in [7, 11) is 3.27. The Bertz CT molecular complexity index is 1360. The van der Waals surface area contributed by atoms with Crippen LogP contribution in [0, 0.1) is 6.92 Å². The summed E-state index contributed by atoms with van der Waals surface area (Å²) < 4.78 is 13.1. The van der Waals surface area contributed by atoms with E-state index in [4.69, 9.17) is 14.5 Å². The van der Waals surface area contributed by atoms with Gasteiger partial charge in [0.15, 0.2) is 11.8 Å². The number of carbonyl (C=O) groups is 1. The van der Waals surface area contributed by atoms with E-state index in [1.807, 2.05) is 10.6 Å². The molecule has 0 saturated carbocycles. The van der Waals surface area contributed by atoms with Gasteiger partial charge < -0.3 is 24.3 Å². The summed E-state index contributed by atoms with van der Waals surface area (Å²) >= 11 is 0. The second-order valence-electron chi connectivity index (χ2n) is 8.52. The summed E-state index contributed by atoms with van der Waals surface area (Å²) in [6, 6.07) is 9.79. The fourth-order valence-electron chi connectivity index (χ4n) is 4.28. The number of likely N-dealkylation sites (N-methyl/N-ethyl adjacent to an activating group) is 1. The molecule has 35 heavy (non-hydrogen) atoms. The summed E-state index contributed by atoms with van der Waals surface area (Å²) in [6.45, 7) is 3.14. The standard InChI is InChI=1S/C25H27N7O3/c1-16-5-4-6-17(9-16)11-27-25-28-14-20-23(30-25)32(15-29-20)21-7-8-35-22(21)24(33)31(2)18-10-19(34-3)13-26-12-18/h4-6,9-10,12-15,21-22H,7-8,11H2,1-3H3,(H,27,28,30). The van der Waals surface area contributed by atoms with Gasteiger partial charge in [0.05, 0.1) is 43.8 Å². The Labute approximate surface area is 203 Å². The molecule has 1 aliphatic rings. The highest BCUT2D eigenvalue weighted by Crippen LogP contribution is 2.31. The van der Waals surface area contributed by atoms with Gasteiger partial charge in [-0.05, 0) is 18.9 Å². The lowest BCUT2D eigenvalue weighted by molar-refractivity contribution is -0.128. The number of hydrogen-bond donors (Lipinski definition) is 1. The molecule has 0 bridgehead atoms. The van der Waals surface area contributed by atoms with E-state index in [0.717, 1.165) is 5.56 Å². The van der Waals surface area contributed by atoms with E-state index in [2.05, 4.69) is 45.4 Å². The Kier molecular flexibility index (Phi) is 6.28. The van der Waals surface area contributed by atoms with Gasteiger partial charge in [-0.3, -0.25) is 9.78 Å². The minimum absolute atomic E-state index is 0.170. The zero-order valence-electron chi connectivity index (χ0n) is 19.9. The molecule has 1 amide bonds. The van der Waals surface area contributed by atoms with Gasteiger partial charge in [0.2, 0.25) is 5.95 Å². The van der Waals surface area contributed by atoms with Crippen LogP contribution in [0.2, 0.25) is 0 Å². The average molecular weight is 474 g/mol. The number of nitrogens with zero attached hydrogens (tertiary/aromatic N) is 6. The first-order valence-corrected chi connectivity index (χ1v) is 11.4. The molecule has 4 heterocycles. The van der Waals surface area contributed by atoms with Crippen LogP contribution in [0.4, 0.5) is 11.6 Å². The number of benzene rings is 1. The number of aromatic nitrogens is 5. The van der Waals surface area contributed by atoms with Crippen LogP contribution in [0.3, 0.4) is 0 Å². The van der Waals surface area contributed by atoms with Crippen LogP contribution < -0.4 is 15.0 Å². The third kappa shape index (κ3) is 4.65. The fourth-order valence-corrected chi connectivity index (χ4v) is 4.28. The molecule has 10 heteroatoms. The Morgan fingerprint density at radius 2 is 2.14 bits per heavy atom. The van der Waals surface area contributed by atoms with Crippen molar-refractivity contribution in [1.29, 1.82) is 0 Å². The van der Waals surface area contributed by atoms with Crippen molar-refractivity contribution in [3.8, 4) is 5.75 Å². The second kappa shape index (κ2) is 9.67. The van der Waals surface area contributed by atoms with Crippen LogP contribution in [0.25, 0.3) is 11.2 Å². The Morgan fingerprint density at radius 1 is 1.26 bits per heavy atom. The number of imidazole rings is 1. The number of carbonyl (C=O) groups excluding carboxylic acids is 1. The van der Waals surface area contributed by atoms with E-state index in [1.54, 1.807) is 50.0 Å². The summed E-state index contributed by atoms with van der Waals surface area (Å²) in [5.41, 5.74) is 4.29. The van der Waals surface area contributed by atoms with Crippen LogP contribution in [-0.2, 0) is 16.1 Å². The zero-order chi connectivity index (χ0) is 24.4. The number of rotatable bonds is 7. The van der Waals surface area contributed by atoms with E-state index in [-0.39, 0.29) is 11.9 Å². The number of hydrogen-bond acceptors (Lipinski definition) is 8. The molecule has 1 saturated heterocycles. The Morgan fingerprint density at radius 3 is 2.97 bits per heavy atom. The second-order valence-corrected chi connectivity index (χ2v) is 8.52. The smallest absolute Gasteiger partial charge is 0.258 e. The predicted molar refractivity (Wildman–Crippen MR) is 131 cm³/mol. The molecule has 180 valence electrons. The van der Waals surface area contributed by atoms with Gasteiger partial charge in [-0.2, -0.15) is 4.98 Å². The van der Waals surface area contributed by atoms with Crippen molar-refractivity contribution in [2.75, 3.05) is 31.0 Å². The quantitative estimate of drug-likeness (QED) is 0.436. The van der Waals surface area contributed by atoms with E-state index < -0.39 is 6.10 Å². The first kappa shape index (κ1) is 22.7. The maximum atomic E-state index is 13.4. The predicted octanol–water partition coefficient (Wildman–Crippen LogP) is 3.14. The van der Waals surface area contributed by atoms with E-state index in [1.165, 1.54) is 5.56 Å². The van der Waals surface area contributed by atoms with Crippen molar-refractivity contribution in [1.82, 2.24) is 24.5 Å². The first-order valence-electron chi connectivity index (χ1n) is 11.4. The van der Waals surface area contributed by atoms with Crippen LogP contribution in [-0.4, -0.2) is 57.3 Å². The molecular formula is C25H27N7O3. The van der Waals surface area contributed by atoms with Crippen molar-refractivity contribution in [2.45, 2.75) is 32.0 Å². The van der Waals surface area contributed by atoms with Gasteiger partial charge in [-0.1, -0.05) is 29.8 Å². The molecule has 0 radical (unpaired) electrons. The first-order chi connectivity index (χ1) is 17.0. The lowest BCUT2D eigenvalue weighted by Crippen LogP contribution is -2.40. The van der Waals surface area contributed by atoms with Gasteiger partial charge in [0, 0.05) is 26.3 Å². The number of pyridine rings is 1. The van der Waals surface area contributed by atoms with Gasteiger partial charge in [0.25, 0.3) is 5.91 Å². The van der Waals surface area contributed by atoms with Crippen LogP contribution in [0.15, 0.2) is 55.2 Å². The monoisotopic (exact) mass is 473 g/mol. The Balaban J connectivity index is 1.37. The lowest BCUT2D eigenvalue weighted by Gasteiger charge is -2.25. The molecule has 1 aliphatic heterocycles. The maximum Gasteiger partial charge on any atom is 0.258 e. The maximum absolute atomic E-state index is 13.4. The number of nitrogens with one attached hydrogen (secondary N) is 1.